The Hall–Kier alpha value is -2.10. The highest BCUT2D eigenvalue weighted by Crippen LogP contribution is 2.39. The van der Waals surface area contributed by atoms with E-state index in [1.54, 1.807) is 6.07 Å². The Morgan fingerprint density at radius 2 is 1.91 bits per heavy atom. The first kappa shape index (κ1) is 24.0. The second-order valence-corrected chi connectivity index (χ2v) is 10.8. The maximum absolute atomic E-state index is 13.1. The van der Waals surface area contributed by atoms with Crippen LogP contribution in [-0.4, -0.2) is 40.4 Å². The van der Waals surface area contributed by atoms with Crippen LogP contribution >= 0.6 is 0 Å². The number of likely N-dealkylation sites (N-methyl/N-ethyl adjacent to an activating group) is 1. The first-order valence-corrected chi connectivity index (χ1v) is 12.9. The number of ether oxygens (including phenoxy) is 1. The predicted molar refractivity (Wildman–Crippen MR) is 121 cm³/mol. The molecule has 0 aromatic heterocycles. The lowest BCUT2D eigenvalue weighted by Gasteiger charge is -2.21. The van der Waals surface area contributed by atoms with E-state index in [0.29, 0.717) is 17.7 Å². The average Bonchev–Trinajstić information content (AvgIpc) is 3.50. The number of hydrogen-bond donors (Lipinski definition) is 2. The third-order valence-corrected chi connectivity index (χ3v) is 7.92. The molecule has 0 spiro atoms. The van der Waals surface area contributed by atoms with Crippen LogP contribution in [0.1, 0.15) is 41.0 Å². The molecule has 33 heavy (non-hydrogen) atoms. The monoisotopic (exact) mass is 482 g/mol. The van der Waals surface area contributed by atoms with E-state index in [1.165, 1.54) is 12.1 Å². The average molecular weight is 483 g/mol. The fraction of sp³-hybridized carbons (Fsp3) is 0.500. The number of benzene rings is 2. The van der Waals surface area contributed by atoms with Crippen LogP contribution in [0, 0.1) is 5.92 Å². The van der Waals surface area contributed by atoms with Gasteiger partial charge in [0, 0.05) is 18.5 Å². The van der Waals surface area contributed by atoms with Crippen LogP contribution in [0.5, 0.6) is 5.75 Å². The van der Waals surface area contributed by atoms with Gasteiger partial charge in [0.05, 0.1) is 11.3 Å². The zero-order valence-electron chi connectivity index (χ0n) is 18.5. The molecule has 2 aromatic rings. The first-order chi connectivity index (χ1) is 15.6. The lowest BCUT2D eigenvalue weighted by atomic mass is 9.90. The van der Waals surface area contributed by atoms with Crippen LogP contribution in [0.2, 0.25) is 0 Å². The van der Waals surface area contributed by atoms with Crippen LogP contribution in [0.4, 0.5) is 13.2 Å². The van der Waals surface area contributed by atoms with Gasteiger partial charge in [-0.2, -0.15) is 13.2 Å². The molecule has 2 aliphatic carbocycles. The minimum Gasteiger partial charge on any atom is -0.492 e. The van der Waals surface area contributed by atoms with Crippen LogP contribution in [0.15, 0.2) is 42.5 Å². The minimum absolute atomic E-state index is 0.00841. The molecule has 0 bridgehead atoms. The van der Waals surface area contributed by atoms with Crippen LogP contribution in [0.25, 0.3) is 0 Å². The molecule has 180 valence electrons. The SMILES string of the molecule is CNC1Cc2ccc(OCCNS(=O)(=O)CC3CC3)cc2C1Cc1cccc(C(F)(F)F)c1. The van der Waals surface area contributed by atoms with E-state index in [9.17, 15) is 21.6 Å². The lowest BCUT2D eigenvalue weighted by molar-refractivity contribution is -0.137. The maximum Gasteiger partial charge on any atom is 0.416 e. The summed E-state index contributed by atoms with van der Waals surface area (Å²) in [7, 11) is -1.41. The van der Waals surface area contributed by atoms with Gasteiger partial charge in [-0.1, -0.05) is 24.3 Å². The summed E-state index contributed by atoms with van der Waals surface area (Å²) in [5, 5.41) is 3.30. The number of alkyl halides is 3. The summed E-state index contributed by atoms with van der Waals surface area (Å²) in [6.45, 7) is 0.398. The summed E-state index contributed by atoms with van der Waals surface area (Å²) in [5.41, 5.74) is 2.20. The first-order valence-electron chi connectivity index (χ1n) is 11.2. The van der Waals surface area contributed by atoms with Gasteiger partial charge >= 0.3 is 6.18 Å². The van der Waals surface area contributed by atoms with Crippen molar-refractivity contribution in [2.45, 2.75) is 43.8 Å². The van der Waals surface area contributed by atoms with Crippen LogP contribution in [-0.2, 0) is 29.0 Å². The van der Waals surface area contributed by atoms with Crippen molar-refractivity contribution in [1.82, 2.24) is 10.0 Å². The zero-order chi connectivity index (χ0) is 23.6. The summed E-state index contributed by atoms with van der Waals surface area (Å²) in [6, 6.07) is 11.4. The molecule has 2 aliphatic rings. The summed E-state index contributed by atoms with van der Waals surface area (Å²) >= 11 is 0. The number of rotatable bonds is 10. The second-order valence-electron chi connectivity index (χ2n) is 8.94. The Labute approximate surface area is 192 Å². The van der Waals surface area contributed by atoms with Crippen molar-refractivity contribution in [2.24, 2.45) is 5.92 Å². The summed E-state index contributed by atoms with van der Waals surface area (Å²) in [6.07, 6.45) is -1.15. The van der Waals surface area contributed by atoms with E-state index in [2.05, 4.69) is 10.0 Å². The molecule has 2 aromatic carbocycles. The molecule has 5 nitrogen and oxygen atoms in total. The van der Waals surface area contributed by atoms with Crippen molar-refractivity contribution in [3.8, 4) is 5.75 Å². The van der Waals surface area contributed by atoms with E-state index < -0.39 is 21.8 Å². The molecule has 1 saturated carbocycles. The highest BCUT2D eigenvalue weighted by atomic mass is 32.2. The van der Waals surface area contributed by atoms with Crippen LogP contribution in [0.3, 0.4) is 0 Å². The van der Waals surface area contributed by atoms with E-state index in [0.717, 1.165) is 36.5 Å². The normalized spacial score (nSPS) is 20.6. The Bertz CT molecular complexity index is 1080. The van der Waals surface area contributed by atoms with Gasteiger partial charge in [-0.05, 0) is 73.5 Å². The van der Waals surface area contributed by atoms with Crippen molar-refractivity contribution < 1.29 is 26.3 Å². The molecule has 2 unspecified atom stereocenters. The zero-order valence-corrected chi connectivity index (χ0v) is 19.3. The molecule has 1 fully saturated rings. The fourth-order valence-electron chi connectivity index (χ4n) is 4.49. The van der Waals surface area contributed by atoms with Gasteiger partial charge in [0.2, 0.25) is 10.0 Å². The Morgan fingerprint density at radius 3 is 2.61 bits per heavy atom. The largest absolute Gasteiger partial charge is 0.492 e. The molecule has 4 rings (SSSR count). The van der Waals surface area contributed by atoms with E-state index in [4.69, 9.17) is 4.74 Å². The summed E-state index contributed by atoms with van der Waals surface area (Å²) in [5.74, 6) is 1.10. The molecule has 0 saturated heterocycles. The molecule has 0 heterocycles. The molecule has 0 aliphatic heterocycles. The van der Waals surface area contributed by atoms with Crippen molar-refractivity contribution >= 4 is 10.0 Å². The lowest BCUT2D eigenvalue weighted by Crippen LogP contribution is -2.31. The molecule has 2 atom stereocenters. The van der Waals surface area contributed by atoms with Gasteiger partial charge in [-0.15, -0.1) is 0 Å². The molecular weight excluding hydrogens is 453 g/mol. The van der Waals surface area contributed by atoms with Crippen molar-refractivity contribution in [3.63, 3.8) is 0 Å². The van der Waals surface area contributed by atoms with Crippen molar-refractivity contribution in [3.05, 3.63) is 64.7 Å². The van der Waals surface area contributed by atoms with E-state index in [-0.39, 0.29) is 36.8 Å². The van der Waals surface area contributed by atoms with Gasteiger partial charge in [-0.3, -0.25) is 0 Å². The van der Waals surface area contributed by atoms with Crippen molar-refractivity contribution in [2.75, 3.05) is 26.0 Å². The Kier molecular flexibility index (Phi) is 7.02. The van der Waals surface area contributed by atoms with Gasteiger partial charge in [0.15, 0.2) is 0 Å². The fourth-order valence-corrected chi connectivity index (χ4v) is 5.96. The Morgan fingerprint density at radius 1 is 1.12 bits per heavy atom. The smallest absolute Gasteiger partial charge is 0.416 e. The second kappa shape index (κ2) is 9.64. The third-order valence-electron chi connectivity index (χ3n) is 6.37. The van der Waals surface area contributed by atoms with Gasteiger partial charge < -0.3 is 10.1 Å². The van der Waals surface area contributed by atoms with Gasteiger partial charge in [-0.25, -0.2) is 13.1 Å². The minimum atomic E-state index is -4.37. The highest BCUT2D eigenvalue weighted by Gasteiger charge is 2.34. The number of sulfonamides is 1. The number of hydrogen-bond acceptors (Lipinski definition) is 4. The predicted octanol–water partition coefficient (Wildman–Crippen LogP) is 3.88. The standard InChI is InChI=1S/C24H29F3N2O3S/c1-28-23-13-18-7-8-20(32-10-9-29-33(30,31)15-16-5-6-16)14-21(18)22(23)12-17-3-2-4-19(11-17)24(25,26)27/h2-4,7-8,11,14,16,22-23,28-29H,5-6,9-10,12-13,15H2,1H3. The quantitative estimate of drug-likeness (QED) is 0.505. The molecular formula is C24H29F3N2O3S. The molecule has 0 amide bonds. The maximum atomic E-state index is 13.1. The molecule has 2 N–H and O–H groups in total. The summed E-state index contributed by atoms with van der Waals surface area (Å²) in [4.78, 5) is 0. The van der Waals surface area contributed by atoms with Crippen molar-refractivity contribution in [1.29, 1.82) is 0 Å². The Balaban J connectivity index is 1.42. The third kappa shape index (κ3) is 6.28. The van der Waals surface area contributed by atoms with Gasteiger partial charge in [0.1, 0.15) is 12.4 Å². The van der Waals surface area contributed by atoms with Gasteiger partial charge in [0.25, 0.3) is 0 Å². The van der Waals surface area contributed by atoms with Crippen LogP contribution < -0.4 is 14.8 Å². The number of halogens is 3. The van der Waals surface area contributed by atoms with E-state index in [1.807, 2.05) is 25.2 Å². The number of nitrogens with one attached hydrogen (secondary N) is 2. The molecule has 0 radical (unpaired) electrons. The molecule has 9 heteroatoms. The number of fused-ring (bicyclic) bond motifs is 1. The van der Waals surface area contributed by atoms with E-state index >= 15 is 0 Å². The highest BCUT2D eigenvalue weighted by molar-refractivity contribution is 7.89. The topological polar surface area (TPSA) is 67.4 Å². The summed E-state index contributed by atoms with van der Waals surface area (Å²) < 4.78 is 71.7.